The number of imidazole rings is 1. The van der Waals surface area contributed by atoms with E-state index in [1.165, 1.54) is 24.9 Å². The van der Waals surface area contributed by atoms with Crippen LogP contribution in [0.4, 0.5) is 0 Å². The van der Waals surface area contributed by atoms with Crippen LogP contribution in [0, 0.1) is 52.8 Å². The Kier molecular flexibility index (Phi) is 22.7. The molecule has 8 bridgehead atoms. The van der Waals surface area contributed by atoms with E-state index in [2.05, 4.69) is 10.3 Å². The van der Waals surface area contributed by atoms with Gasteiger partial charge >= 0.3 is 0 Å². The van der Waals surface area contributed by atoms with E-state index in [-0.39, 0.29) is 101 Å². The van der Waals surface area contributed by atoms with Crippen molar-refractivity contribution in [2.24, 2.45) is 94.7 Å². The van der Waals surface area contributed by atoms with Gasteiger partial charge in [-0.25, -0.2) is 4.98 Å². The number of aliphatic hydroxyl groups excluding tert-OH is 2. The average Bonchev–Trinajstić information content (AvgIpc) is 1.53. The molecule has 28 nitrogen and oxygen atoms in total. The van der Waals surface area contributed by atoms with E-state index in [0.29, 0.717) is 62.2 Å². The van der Waals surface area contributed by atoms with Gasteiger partial charge in [-0.3, -0.25) is 53.1 Å². The number of benzene rings is 1. The minimum Gasteiger partial charge on any atom is -0.756 e. The summed E-state index contributed by atoms with van der Waals surface area (Å²) in [5.41, 5.74) is 34.5. The number of phosphoric ester groups is 1. The summed E-state index contributed by atoms with van der Waals surface area (Å²) in [5, 5.41) is 30.0. The summed E-state index contributed by atoms with van der Waals surface area (Å²) in [6, 6.07) is 3.94. The molecule has 0 saturated carbocycles. The van der Waals surface area contributed by atoms with Gasteiger partial charge in [0.25, 0.3) is 7.82 Å². The van der Waals surface area contributed by atoms with Crippen LogP contribution >= 0.6 is 7.82 Å². The zero-order chi connectivity index (χ0) is 66.5. The molecule has 7 amide bonds. The average molecular weight is 1350 g/mol. The molecular formula is C62H89CoN13O15P-3. The van der Waals surface area contributed by atoms with Gasteiger partial charge in [0.1, 0.15) is 24.1 Å². The number of amides is 7. The first-order valence-electron chi connectivity index (χ1n) is 30.2. The van der Waals surface area contributed by atoms with Crippen molar-refractivity contribution in [3.63, 3.8) is 0 Å². The number of nitrogens with two attached hydrogens (primary N) is 6. The van der Waals surface area contributed by atoms with Gasteiger partial charge in [0, 0.05) is 131 Å². The number of allylic oxidation sites excluding steroid dienone is 6. The van der Waals surface area contributed by atoms with Crippen LogP contribution in [0.1, 0.15) is 139 Å². The predicted octanol–water partition coefficient (Wildman–Crippen LogP) is 3.15. The molecular weight excluding hydrogens is 1260 g/mol. The number of methoxy groups -OCH3 is 1. The molecule has 2 fully saturated rings. The SMILES string of the molecule is COc1ccc2c(c1)ncn2[C@H]1O[C@H](CO)[C@@H](OP(=O)([O-])O[C@H](C)CNC(=O)CC[C@@]2(C)/C3=C(\C)C4=N/C(=C\C5=NC(=C(/C)C6=N[C@@](C)([C@H]([N-]3)[C@@H]2CC(N)=O)[C@@](C)(CC(N)=O)[C@@H]6CCC(N)=O)/[C@@](C)(CC(N)=O)[C@@H]5CCC(N)=O)C(C)(C)[C@@H]4CCC(N)=O)[C@H]1O.[CH3-].[Co]. The third-order valence-corrected chi connectivity index (χ3v) is 21.2. The standard InChI is InChI=1S/C61H88N13O15P.CH3.Co/c1-29(88-90(84,85)89-52-40(27-75)87-56(51(52)83)74-28-69-38-21-32(86-10)11-15-39(38)74)26-68-48(82)19-20-58(6)36(22-45(65)79)55-61(9)60(8,25-47(67)81)35(14-18-44(64)78)50(73-61)31(3)54-59(7,24-46(66)80)33(12-16-42(62)76)37(70-54)23-41-57(4,5)34(13-17-43(63)77)49(71-41)30(2)53(58)72-55;;/h11,15,21,23,28-29,33-36,40,51-52,55-56,75,83H,12-14,16-20,22,24-27H2,1-10H3,(H15,62,63,64,65,66,67,68,70,71,72,73,76,77,78,79,80,81,82,84,85);1H3;/q;-1;/p-2/t29-,33-,34-,35-,36+,40-,51-,52-,55-,56+,58-,59+,60+,61+;;/m1../s1. The molecule has 6 aliphatic rings. The Bertz CT molecular complexity index is 3510. The number of hydrogen-bond acceptors (Lipinski definition) is 19. The Labute approximate surface area is 545 Å². The van der Waals surface area contributed by atoms with Crippen LogP contribution in [0.15, 0.2) is 73.8 Å². The number of carbonyl (C=O) groups is 7. The van der Waals surface area contributed by atoms with E-state index in [4.69, 9.17) is 73.2 Å². The molecule has 7 heterocycles. The molecule has 1 aromatic heterocycles. The van der Waals surface area contributed by atoms with Crippen molar-refractivity contribution in [3.8, 4) is 5.75 Å². The first-order chi connectivity index (χ1) is 42.0. The van der Waals surface area contributed by atoms with Crippen molar-refractivity contribution in [2.75, 3.05) is 20.3 Å². The van der Waals surface area contributed by atoms with Gasteiger partial charge in [-0.1, -0.05) is 40.7 Å². The minimum atomic E-state index is -5.33. The molecule has 1 aromatic carbocycles. The van der Waals surface area contributed by atoms with Crippen LogP contribution in [0.5, 0.6) is 5.75 Å². The van der Waals surface area contributed by atoms with Crippen LogP contribution in [-0.4, -0.2) is 135 Å². The number of nitrogens with one attached hydrogen (secondary N) is 1. The van der Waals surface area contributed by atoms with Gasteiger partial charge in [-0.05, 0) is 94.1 Å². The number of fused-ring (bicyclic) bond motifs is 7. The predicted molar refractivity (Wildman–Crippen MR) is 335 cm³/mol. The first kappa shape index (κ1) is 74.3. The van der Waals surface area contributed by atoms with Gasteiger partial charge in [-0.2, -0.15) is 5.70 Å². The second kappa shape index (κ2) is 28.1. The van der Waals surface area contributed by atoms with Crippen molar-refractivity contribution in [3.05, 3.63) is 71.6 Å². The van der Waals surface area contributed by atoms with Crippen molar-refractivity contribution in [1.82, 2.24) is 14.9 Å². The maximum absolute atomic E-state index is 14.3. The summed E-state index contributed by atoms with van der Waals surface area (Å²) < 4.78 is 37.0. The van der Waals surface area contributed by atoms with E-state index in [1.807, 2.05) is 47.6 Å². The first-order valence-corrected chi connectivity index (χ1v) is 31.7. The molecule has 92 heavy (non-hydrogen) atoms. The van der Waals surface area contributed by atoms with Crippen molar-refractivity contribution < 1.29 is 88.5 Å². The molecule has 509 valence electrons. The smallest absolute Gasteiger partial charge is 0.268 e. The quantitative estimate of drug-likeness (QED) is 0.0458. The second-order valence-corrected chi connectivity index (χ2v) is 27.7. The van der Waals surface area contributed by atoms with Gasteiger partial charge in [0.15, 0.2) is 6.23 Å². The third kappa shape index (κ3) is 14.2. The Morgan fingerprint density at radius 2 is 1.43 bits per heavy atom. The van der Waals surface area contributed by atoms with E-state index in [9.17, 15) is 53.2 Å². The third-order valence-electron chi connectivity index (χ3n) is 20.1. The summed E-state index contributed by atoms with van der Waals surface area (Å²) in [5.74, 6) is -6.92. The van der Waals surface area contributed by atoms with Gasteiger partial charge in [0.2, 0.25) is 41.4 Å². The summed E-state index contributed by atoms with van der Waals surface area (Å²) in [6.07, 6.45) is -5.00. The normalized spacial score (nSPS) is 33.4. The van der Waals surface area contributed by atoms with E-state index in [1.54, 1.807) is 32.0 Å². The number of hydrogen-bond donors (Lipinski definition) is 9. The molecule has 2 saturated heterocycles. The molecule has 30 heteroatoms. The zero-order valence-electron chi connectivity index (χ0n) is 54.0. The Morgan fingerprint density at radius 3 is 2.01 bits per heavy atom. The summed E-state index contributed by atoms with van der Waals surface area (Å²) in [6.45, 7) is 15.1. The number of carbonyl (C=O) groups excluding carboxylic acids is 7. The Hall–Kier alpha value is -6.69. The summed E-state index contributed by atoms with van der Waals surface area (Å²) in [7, 11) is -3.84. The molecule has 15 N–H and O–H groups in total. The maximum atomic E-state index is 14.3. The number of aliphatic imine (C=N–C) groups is 3. The van der Waals surface area contributed by atoms with Crippen LogP contribution in [0.3, 0.4) is 0 Å². The monoisotopic (exact) mass is 1350 g/mol. The van der Waals surface area contributed by atoms with Crippen molar-refractivity contribution >= 4 is 77.3 Å². The van der Waals surface area contributed by atoms with Crippen molar-refractivity contribution in [1.29, 1.82) is 0 Å². The second-order valence-electron chi connectivity index (χ2n) is 26.4. The number of aromatic nitrogens is 2. The van der Waals surface area contributed by atoms with Crippen LogP contribution in [-0.2, 0) is 68.7 Å². The molecule has 0 spiro atoms. The Morgan fingerprint density at radius 1 is 0.826 bits per heavy atom. The van der Waals surface area contributed by atoms with Crippen LogP contribution in [0.25, 0.3) is 16.4 Å². The molecule has 0 aliphatic carbocycles. The molecule has 1 unspecified atom stereocenters. The summed E-state index contributed by atoms with van der Waals surface area (Å²) in [4.78, 5) is 128. The maximum Gasteiger partial charge on any atom is 0.268 e. The number of rotatable bonds is 27. The van der Waals surface area contributed by atoms with E-state index < -0.39 is 143 Å². The molecule has 15 atom stereocenters. The van der Waals surface area contributed by atoms with Gasteiger partial charge < -0.3 is 90.7 Å². The van der Waals surface area contributed by atoms with Crippen LogP contribution < -0.4 is 49.3 Å². The molecule has 8 rings (SSSR count). The molecule has 2 aromatic rings. The number of nitrogens with zero attached hydrogens (tertiary/aromatic N) is 6. The summed E-state index contributed by atoms with van der Waals surface area (Å²) >= 11 is 0. The van der Waals surface area contributed by atoms with E-state index in [0.717, 1.165) is 0 Å². The molecule has 1 radical (unpaired) electrons. The van der Waals surface area contributed by atoms with Gasteiger partial charge in [0.05, 0.1) is 48.4 Å². The fraction of sp³-hybridized carbons (Fsp3) is 0.613. The fourth-order valence-corrected chi connectivity index (χ4v) is 16.3. The number of ether oxygens (including phenoxy) is 2. The fourth-order valence-electron chi connectivity index (χ4n) is 15.2. The van der Waals surface area contributed by atoms with Crippen LogP contribution in [0.2, 0.25) is 0 Å². The minimum absolute atomic E-state index is 0. The number of aliphatic hydroxyl groups is 2. The number of primary amides is 6. The largest absolute Gasteiger partial charge is 0.756 e. The van der Waals surface area contributed by atoms with Gasteiger partial charge in [-0.15, -0.1) is 0 Å². The number of phosphoric acid groups is 1. The van der Waals surface area contributed by atoms with Crippen molar-refractivity contribution in [2.45, 2.75) is 175 Å². The Balaban J connectivity index is 0.00000672. The zero-order valence-corrected chi connectivity index (χ0v) is 55.9. The van der Waals surface area contributed by atoms with E-state index >= 15 is 0 Å². The topological polar surface area (TPSA) is 474 Å². The molecule has 6 aliphatic heterocycles.